The first-order valence-electron chi connectivity index (χ1n) is 7.57. The Morgan fingerprint density at radius 1 is 1.04 bits per heavy atom. The van der Waals surface area contributed by atoms with Crippen LogP contribution in [0.3, 0.4) is 0 Å². The van der Waals surface area contributed by atoms with Crippen molar-refractivity contribution in [1.82, 2.24) is 10.2 Å². The number of aromatic nitrogens is 2. The number of carbonyl (C=O) groups is 1. The third-order valence-corrected chi connectivity index (χ3v) is 3.49. The second-order valence-electron chi connectivity index (χ2n) is 5.24. The first kappa shape index (κ1) is 14.9. The number of rotatable bonds is 5. The molecule has 0 atom stereocenters. The van der Waals surface area contributed by atoms with E-state index in [2.05, 4.69) is 15.5 Å². The van der Waals surface area contributed by atoms with Gasteiger partial charge in [0.2, 0.25) is 0 Å². The molecule has 0 aliphatic rings. The Balaban J connectivity index is 1.37. The zero-order chi connectivity index (χ0) is 17.1. The summed E-state index contributed by atoms with van der Waals surface area (Å²) in [4.78, 5) is 12.0. The van der Waals surface area contributed by atoms with E-state index >= 15 is 0 Å². The Hall–Kier alpha value is -3.61. The largest absolute Gasteiger partial charge is 0.484 e. The molecule has 1 N–H and O–H groups in total. The van der Waals surface area contributed by atoms with Crippen LogP contribution in [0.5, 0.6) is 5.75 Å². The summed E-state index contributed by atoms with van der Waals surface area (Å²) >= 11 is 0. The van der Waals surface area contributed by atoms with Crippen molar-refractivity contribution in [2.45, 2.75) is 0 Å². The van der Waals surface area contributed by atoms with Gasteiger partial charge < -0.3 is 13.6 Å². The van der Waals surface area contributed by atoms with Crippen molar-refractivity contribution in [3.63, 3.8) is 0 Å². The van der Waals surface area contributed by atoms with Crippen LogP contribution in [0.15, 0.2) is 69.7 Å². The van der Waals surface area contributed by atoms with Crippen molar-refractivity contribution in [2.75, 3.05) is 11.9 Å². The van der Waals surface area contributed by atoms with Gasteiger partial charge in [0, 0.05) is 0 Å². The molecule has 0 saturated carbocycles. The van der Waals surface area contributed by atoms with Crippen LogP contribution in [0.4, 0.5) is 6.01 Å². The zero-order valence-electron chi connectivity index (χ0n) is 13.0. The van der Waals surface area contributed by atoms with Crippen LogP contribution >= 0.6 is 0 Å². The number of fused-ring (bicyclic) bond motifs is 1. The van der Waals surface area contributed by atoms with Gasteiger partial charge in [-0.1, -0.05) is 35.4 Å². The normalized spacial score (nSPS) is 10.7. The quantitative estimate of drug-likeness (QED) is 0.600. The summed E-state index contributed by atoms with van der Waals surface area (Å²) in [5.74, 6) is 0.828. The van der Waals surface area contributed by atoms with Gasteiger partial charge in [0.1, 0.15) is 5.75 Å². The molecular weight excluding hydrogens is 322 g/mol. The third kappa shape index (κ3) is 3.35. The summed E-state index contributed by atoms with van der Waals surface area (Å²) in [6.07, 6.45) is 1.50. The molecule has 124 valence electrons. The van der Waals surface area contributed by atoms with E-state index in [1.165, 1.54) is 6.26 Å². The van der Waals surface area contributed by atoms with Crippen molar-refractivity contribution in [3.8, 4) is 17.4 Å². The molecule has 7 nitrogen and oxygen atoms in total. The van der Waals surface area contributed by atoms with Gasteiger partial charge in [0.15, 0.2) is 12.4 Å². The number of benzene rings is 2. The fourth-order valence-electron chi connectivity index (χ4n) is 2.33. The van der Waals surface area contributed by atoms with Crippen LogP contribution in [-0.2, 0) is 4.79 Å². The van der Waals surface area contributed by atoms with E-state index in [4.69, 9.17) is 13.6 Å². The topological polar surface area (TPSA) is 90.4 Å². The Morgan fingerprint density at radius 3 is 2.76 bits per heavy atom. The average molecular weight is 335 g/mol. The molecule has 4 aromatic rings. The van der Waals surface area contributed by atoms with Gasteiger partial charge in [-0.3, -0.25) is 10.1 Å². The number of hydrogen-bond acceptors (Lipinski definition) is 6. The molecule has 2 aromatic carbocycles. The maximum atomic E-state index is 12.0. The maximum Gasteiger partial charge on any atom is 0.322 e. The fourth-order valence-corrected chi connectivity index (χ4v) is 2.33. The molecule has 0 aliphatic heterocycles. The van der Waals surface area contributed by atoms with Crippen molar-refractivity contribution < 1.29 is 18.4 Å². The fraction of sp³-hybridized carbons (Fsp3) is 0.0556. The third-order valence-electron chi connectivity index (χ3n) is 3.49. The van der Waals surface area contributed by atoms with Gasteiger partial charge in [-0.15, -0.1) is 5.10 Å². The van der Waals surface area contributed by atoms with Crippen LogP contribution < -0.4 is 10.1 Å². The van der Waals surface area contributed by atoms with Crippen molar-refractivity contribution in [2.24, 2.45) is 0 Å². The highest BCUT2D eigenvalue weighted by atomic mass is 16.5. The number of anilines is 1. The molecule has 2 heterocycles. The smallest absolute Gasteiger partial charge is 0.322 e. The van der Waals surface area contributed by atoms with Gasteiger partial charge in [-0.25, -0.2) is 0 Å². The van der Waals surface area contributed by atoms with Crippen LogP contribution in [0, 0.1) is 0 Å². The van der Waals surface area contributed by atoms with Gasteiger partial charge in [-0.2, -0.15) is 0 Å². The molecule has 1 amide bonds. The minimum absolute atomic E-state index is 0.0153. The highest BCUT2D eigenvalue weighted by Crippen LogP contribution is 2.21. The molecule has 0 fully saturated rings. The number of amides is 1. The summed E-state index contributed by atoms with van der Waals surface area (Å²) in [7, 11) is 0. The van der Waals surface area contributed by atoms with E-state index in [1.54, 1.807) is 12.1 Å². The summed E-state index contributed by atoms with van der Waals surface area (Å²) in [6.45, 7) is -0.170. The molecule has 0 aliphatic carbocycles. The van der Waals surface area contributed by atoms with Gasteiger partial charge in [0.25, 0.3) is 11.8 Å². The SMILES string of the molecule is O=C(COc1ccc2ccccc2c1)Nc1nnc(-c2ccco2)o1. The molecule has 0 unspecified atom stereocenters. The lowest BCUT2D eigenvalue weighted by Gasteiger charge is -2.06. The van der Waals surface area contributed by atoms with Crippen LogP contribution in [0.2, 0.25) is 0 Å². The standard InChI is InChI=1S/C18H13N3O4/c22-16(19-18-21-20-17(25-18)15-6-3-9-23-15)11-24-14-8-7-12-4-1-2-5-13(12)10-14/h1-10H,11H2,(H,19,21,22). The lowest BCUT2D eigenvalue weighted by molar-refractivity contribution is -0.118. The molecule has 0 radical (unpaired) electrons. The Morgan fingerprint density at radius 2 is 1.92 bits per heavy atom. The monoisotopic (exact) mass is 335 g/mol. The predicted molar refractivity (Wildman–Crippen MR) is 90.1 cm³/mol. The van der Waals surface area contributed by atoms with Crippen LogP contribution in [0.25, 0.3) is 22.4 Å². The highest BCUT2D eigenvalue weighted by molar-refractivity contribution is 5.90. The molecule has 2 aromatic heterocycles. The summed E-state index contributed by atoms with van der Waals surface area (Å²) in [5.41, 5.74) is 0. The highest BCUT2D eigenvalue weighted by Gasteiger charge is 2.13. The van der Waals surface area contributed by atoms with E-state index in [1.807, 2.05) is 42.5 Å². The molecule has 0 saturated heterocycles. The van der Waals surface area contributed by atoms with Crippen molar-refractivity contribution in [1.29, 1.82) is 0 Å². The van der Waals surface area contributed by atoms with E-state index in [-0.39, 0.29) is 18.5 Å². The van der Waals surface area contributed by atoms with E-state index in [0.29, 0.717) is 11.5 Å². The second kappa shape index (κ2) is 6.48. The summed E-state index contributed by atoms with van der Waals surface area (Å²) in [6, 6.07) is 16.9. The van der Waals surface area contributed by atoms with Gasteiger partial charge >= 0.3 is 6.01 Å². The van der Waals surface area contributed by atoms with E-state index in [0.717, 1.165) is 10.8 Å². The number of carbonyl (C=O) groups excluding carboxylic acids is 1. The number of nitrogens with one attached hydrogen (secondary N) is 1. The summed E-state index contributed by atoms with van der Waals surface area (Å²) < 4.78 is 16.0. The Kier molecular flexibility index (Phi) is 3.88. The van der Waals surface area contributed by atoms with Crippen LogP contribution in [0.1, 0.15) is 0 Å². The molecule has 0 bridgehead atoms. The predicted octanol–water partition coefficient (Wildman–Crippen LogP) is 3.50. The number of furan rings is 1. The maximum absolute atomic E-state index is 12.0. The number of ether oxygens (including phenoxy) is 1. The number of hydrogen-bond donors (Lipinski definition) is 1. The average Bonchev–Trinajstić information content (AvgIpc) is 3.31. The first-order chi connectivity index (χ1) is 12.3. The van der Waals surface area contributed by atoms with E-state index in [9.17, 15) is 4.79 Å². The second-order valence-corrected chi connectivity index (χ2v) is 5.24. The van der Waals surface area contributed by atoms with Gasteiger partial charge in [0.05, 0.1) is 6.26 Å². The minimum Gasteiger partial charge on any atom is -0.484 e. The number of nitrogens with zero attached hydrogens (tertiary/aromatic N) is 2. The lowest BCUT2D eigenvalue weighted by Crippen LogP contribution is -2.20. The molecule has 7 heteroatoms. The first-order valence-corrected chi connectivity index (χ1v) is 7.57. The Labute approximate surface area is 142 Å². The Bertz CT molecular complexity index is 1010. The van der Waals surface area contributed by atoms with Gasteiger partial charge in [-0.05, 0) is 35.0 Å². The minimum atomic E-state index is -0.400. The summed E-state index contributed by atoms with van der Waals surface area (Å²) in [5, 5.41) is 12.2. The van der Waals surface area contributed by atoms with Crippen LogP contribution in [-0.4, -0.2) is 22.7 Å². The molecule has 25 heavy (non-hydrogen) atoms. The zero-order valence-corrected chi connectivity index (χ0v) is 13.0. The molecular formula is C18H13N3O4. The lowest BCUT2D eigenvalue weighted by atomic mass is 10.1. The molecule has 4 rings (SSSR count). The molecule has 0 spiro atoms. The van der Waals surface area contributed by atoms with Crippen molar-refractivity contribution >= 4 is 22.7 Å². The van der Waals surface area contributed by atoms with E-state index < -0.39 is 5.91 Å². The van der Waals surface area contributed by atoms with Crippen molar-refractivity contribution in [3.05, 3.63) is 60.9 Å².